The van der Waals surface area contributed by atoms with Crippen LogP contribution in [0.1, 0.15) is 27.6 Å². The van der Waals surface area contributed by atoms with Gasteiger partial charge in [0.2, 0.25) is 0 Å². The van der Waals surface area contributed by atoms with Crippen LogP contribution in [0.2, 0.25) is 0 Å². The third kappa shape index (κ3) is 3.30. The van der Waals surface area contributed by atoms with Crippen LogP contribution >= 0.6 is 0 Å². The zero-order valence-corrected chi connectivity index (χ0v) is 14.5. The minimum atomic E-state index is -0.612. The predicted octanol–water partition coefficient (Wildman–Crippen LogP) is 0.663. The van der Waals surface area contributed by atoms with E-state index in [4.69, 9.17) is 0 Å². The fraction of sp³-hybridized carbons (Fsp3) is 0.111. The molecule has 0 fully saturated rings. The first-order chi connectivity index (χ1) is 13.6. The first kappa shape index (κ1) is 17.3. The van der Waals surface area contributed by atoms with Gasteiger partial charge in [0.15, 0.2) is 17.3 Å². The Bertz CT molecular complexity index is 1190. The van der Waals surface area contributed by atoms with Crippen LogP contribution in [0.3, 0.4) is 0 Å². The van der Waals surface area contributed by atoms with E-state index in [1.165, 1.54) is 12.3 Å². The van der Waals surface area contributed by atoms with Crippen molar-refractivity contribution in [1.29, 1.82) is 0 Å². The van der Waals surface area contributed by atoms with Gasteiger partial charge in [0.05, 0.1) is 17.6 Å². The predicted molar refractivity (Wildman–Crippen MR) is 98.6 cm³/mol. The van der Waals surface area contributed by atoms with Crippen molar-refractivity contribution in [3.05, 3.63) is 75.7 Å². The van der Waals surface area contributed by atoms with E-state index in [9.17, 15) is 14.7 Å². The molecule has 10 nitrogen and oxygen atoms in total. The summed E-state index contributed by atoms with van der Waals surface area (Å²) in [5, 5.41) is 26.8. The van der Waals surface area contributed by atoms with Crippen LogP contribution in [-0.2, 0) is 13.0 Å². The fourth-order valence-electron chi connectivity index (χ4n) is 2.91. The monoisotopic (exact) mass is 377 g/mol. The standard InChI is InChI=1S/C18H15N7O3/c26-16-11-6-7-19-17(27)14(11)12(8-10-4-2-1-3-5-10)21-15(16)18(28)20-9-13-22-24-25-23-13/h1-7,26H,8-9H2,(H,19,27)(H,20,28)(H,22,23,24,25). The molecule has 0 aliphatic carbocycles. The number of hydrogen-bond donors (Lipinski definition) is 4. The molecule has 4 rings (SSSR count). The number of hydrogen-bond acceptors (Lipinski definition) is 7. The molecule has 4 N–H and O–H groups in total. The molecule has 4 aromatic rings. The molecule has 0 aliphatic heterocycles. The molecular weight excluding hydrogens is 362 g/mol. The Morgan fingerprint density at radius 2 is 2.00 bits per heavy atom. The second kappa shape index (κ2) is 7.27. The van der Waals surface area contributed by atoms with E-state index in [2.05, 4.69) is 35.9 Å². The molecule has 1 aromatic carbocycles. The van der Waals surface area contributed by atoms with E-state index in [1.54, 1.807) is 0 Å². The smallest absolute Gasteiger partial charge is 0.274 e. The van der Waals surface area contributed by atoms with Gasteiger partial charge in [-0.05, 0) is 11.6 Å². The summed E-state index contributed by atoms with van der Waals surface area (Å²) < 4.78 is 0. The van der Waals surface area contributed by atoms with Gasteiger partial charge in [-0.3, -0.25) is 9.59 Å². The minimum absolute atomic E-state index is 0.0118. The number of H-pyrrole nitrogens is 2. The number of rotatable bonds is 5. The number of amides is 1. The van der Waals surface area contributed by atoms with Crippen LogP contribution in [0.25, 0.3) is 10.8 Å². The highest BCUT2D eigenvalue weighted by atomic mass is 16.3. The maximum Gasteiger partial charge on any atom is 0.274 e. The molecule has 1 amide bonds. The van der Waals surface area contributed by atoms with Gasteiger partial charge in [-0.1, -0.05) is 35.5 Å². The number of benzene rings is 1. The summed E-state index contributed by atoms with van der Waals surface area (Å²) in [6.07, 6.45) is 1.74. The molecule has 28 heavy (non-hydrogen) atoms. The molecule has 0 atom stereocenters. The lowest BCUT2D eigenvalue weighted by Crippen LogP contribution is -2.25. The zero-order chi connectivity index (χ0) is 19.5. The van der Waals surface area contributed by atoms with Gasteiger partial charge in [0, 0.05) is 18.0 Å². The quantitative estimate of drug-likeness (QED) is 0.399. The number of nitrogens with zero attached hydrogens (tertiary/aromatic N) is 4. The SMILES string of the molecule is O=C(NCc1nn[nH]n1)c1nc(Cc2ccccc2)c2c(=O)[nH]ccc2c1O. The van der Waals surface area contributed by atoms with Crippen LogP contribution in [0.5, 0.6) is 5.75 Å². The van der Waals surface area contributed by atoms with Gasteiger partial charge in [-0.2, -0.15) is 5.21 Å². The summed E-state index contributed by atoms with van der Waals surface area (Å²) in [7, 11) is 0. The highest BCUT2D eigenvalue weighted by Gasteiger charge is 2.21. The molecule has 140 valence electrons. The molecule has 0 spiro atoms. The molecule has 10 heteroatoms. The van der Waals surface area contributed by atoms with E-state index >= 15 is 0 Å². The van der Waals surface area contributed by atoms with Crippen LogP contribution in [0.4, 0.5) is 0 Å². The van der Waals surface area contributed by atoms with Crippen molar-refractivity contribution in [3.63, 3.8) is 0 Å². The molecular formula is C18H15N7O3. The molecule has 0 radical (unpaired) electrons. The minimum Gasteiger partial charge on any atom is -0.505 e. The highest BCUT2D eigenvalue weighted by molar-refractivity contribution is 6.02. The van der Waals surface area contributed by atoms with Gasteiger partial charge >= 0.3 is 0 Å². The number of carbonyl (C=O) groups is 1. The van der Waals surface area contributed by atoms with Gasteiger partial charge in [-0.15, -0.1) is 10.2 Å². The van der Waals surface area contributed by atoms with Crippen molar-refractivity contribution < 1.29 is 9.90 Å². The van der Waals surface area contributed by atoms with Gasteiger partial charge in [-0.25, -0.2) is 4.98 Å². The third-order valence-corrected chi connectivity index (χ3v) is 4.20. The first-order valence-electron chi connectivity index (χ1n) is 8.41. The Morgan fingerprint density at radius 1 is 1.18 bits per heavy atom. The van der Waals surface area contributed by atoms with E-state index in [1.807, 2.05) is 30.3 Å². The number of aromatic nitrogens is 6. The lowest BCUT2D eigenvalue weighted by molar-refractivity contribution is 0.0942. The van der Waals surface area contributed by atoms with Crippen molar-refractivity contribution in [2.45, 2.75) is 13.0 Å². The normalized spacial score (nSPS) is 10.9. The van der Waals surface area contributed by atoms with Crippen molar-refractivity contribution in [1.82, 2.24) is 35.9 Å². The van der Waals surface area contributed by atoms with Gasteiger partial charge in [0.25, 0.3) is 11.5 Å². The van der Waals surface area contributed by atoms with Crippen molar-refractivity contribution in [3.8, 4) is 5.75 Å². The lowest BCUT2D eigenvalue weighted by Gasteiger charge is -2.11. The molecule has 0 bridgehead atoms. The fourth-order valence-corrected chi connectivity index (χ4v) is 2.91. The number of aromatic amines is 2. The average molecular weight is 377 g/mol. The van der Waals surface area contributed by atoms with Crippen LogP contribution in [0, 0.1) is 0 Å². The van der Waals surface area contributed by atoms with Crippen molar-refractivity contribution >= 4 is 16.7 Å². The largest absolute Gasteiger partial charge is 0.505 e. The first-order valence-corrected chi connectivity index (χ1v) is 8.41. The summed E-state index contributed by atoms with van der Waals surface area (Å²) in [5.74, 6) is -0.683. The highest BCUT2D eigenvalue weighted by Crippen LogP contribution is 2.28. The Hall–Kier alpha value is -4.08. The maximum atomic E-state index is 12.6. The van der Waals surface area contributed by atoms with E-state index in [0.717, 1.165) is 5.56 Å². The molecule has 0 aliphatic rings. The average Bonchev–Trinajstić information content (AvgIpc) is 3.23. The second-order valence-electron chi connectivity index (χ2n) is 6.02. The van der Waals surface area contributed by atoms with Crippen LogP contribution in [0.15, 0.2) is 47.4 Å². The lowest BCUT2D eigenvalue weighted by atomic mass is 10.0. The molecule has 3 heterocycles. The number of carbonyl (C=O) groups excluding carboxylic acids is 1. The number of tetrazole rings is 1. The number of pyridine rings is 2. The van der Waals surface area contributed by atoms with Crippen molar-refractivity contribution in [2.24, 2.45) is 0 Å². The third-order valence-electron chi connectivity index (χ3n) is 4.20. The molecule has 0 unspecified atom stereocenters. The second-order valence-corrected chi connectivity index (χ2v) is 6.02. The number of aromatic hydroxyl groups is 1. The zero-order valence-electron chi connectivity index (χ0n) is 14.5. The summed E-state index contributed by atoms with van der Waals surface area (Å²) >= 11 is 0. The number of fused-ring (bicyclic) bond motifs is 1. The van der Waals surface area contributed by atoms with E-state index in [0.29, 0.717) is 12.1 Å². The van der Waals surface area contributed by atoms with E-state index in [-0.39, 0.29) is 40.1 Å². The summed E-state index contributed by atoms with van der Waals surface area (Å²) in [4.78, 5) is 31.9. The summed E-state index contributed by atoms with van der Waals surface area (Å²) in [5.41, 5.74) is 0.756. The maximum absolute atomic E-state index is 12.6. The van der Waals surface area contributed by atoms with Crippen LogP contribution in [-0.4, -0.2) is 41.6 Å². The van der Waals surface area contributed by atoms with Gasteiger partial charge in [0.1, 0.15) is 0 Å². The van der Waals surface area contributed by atoms with Crippen molar-refractivity contribution in [2.75, 3.05) is 0 Å². The van der Waals surface area contributed by atoms with Crippen LogP contribution < -0.4 is 10.9 Å². The van der Waals surface area contributed by atoms with E-state index < -0.39 is 5.91 Å². The molecule has 0 saturated carbocycles. The summed E-state index contributed by atoms with van der Waals surface area (Å²) in [6.45, 7) is 0.0118. The number of nitrogens with one attached hydrogen (secondary N) is 3. The van der Waals surface area contributed by atoms with Gasteiger partial charge < -0.3 is 15.4 Å². The molecule has 0 saturated heterocycles. The Balaban J connectivity index is 1.77. The topological polar surface area (TPSA) is 150 Å². The Morgan fingerprint density at radius 3 is 2.75 bits per heavy atom. The summed E-state index contributed by atoms with van der Waals surface area (Å²) in [6, 6.07) is 11.0. The molecule has 3 aromatic heterocycles. The Labute approximate surface area is 157 Å². The Kier molecular flexibility index (Phi) is 4.50.